The summed E-state index contributed by atoms with van der Waals surface area (Å²) < 4.78 is 0. The van der Waals surface area contributed by atoms with Crippen LogP contribution in [0.3, 0.4) is 0 Å². The van der Waals surface area contributed by atoms with E-state index in [-0.39, 0.29) is 6.03 Å². The van der Waals surface area contributed by atoms with Crippen LogP contribution in [0.5, 0.6) is 0 Å². The van der Waals surface area contributed by atoms with Gasteiger partial charge in [0.25, 0.3) is 0 Å². The molecule has 1 aliphatic rings. The Hall–Kier alpha value is -1.52. The van der Waals surface area contributed by atoms with Crippen molar-refractivity contribution in [2.75, 3.05) is 13.1 Å². The number of carbonyl (C=O) groups excluding carboxylic acids is 1. The van der Waals surface area contributed by atoms with Gasteiger partial charge in [0, 0.05) is 25.3 Å². The first-order valence-corrected chi connectivity index (χ1v) is 7.83. The number of carbonyl (C=O) groups is 1. The lowest BCUT2D eigenvalue weighted by molar-refractivity contribution is 0.155. The van der Waals surface area contributed by atoms with Crippen LogP contribution < -0.4 is 5.32 Å². The van der Waals surface area contributed by atoms with E-state index in [1.165, 1.54) is 19.3 Å². The van der Waals surface area contributed by atoms with Crippen LogP contribution in [-0.2, 0) is 6.42 Å². The van der Waals surface area contributed by atoms with Crippen molar-refractivity contribution in [3.8, 4) is 0 Å². The minimum absolute atomic E-state index is 0.0993. The Balaban J connectivity index is 1.79. The lowest BCUT2D eigenvalue weighted by Crippen LogP contribution is -2.47. The van der Waals surface area contributed by atoms with Crippen molar-refractivity contribution in [3.63, 3.8) is 0 Å². The Morgan fingerprint density at radius 2 is 2.25 bits per heavy atom. The molecule has 1 fully saturated rings. The molecule has 1 aromatic heterocycles. The second-order valence-corrected chi connectivity index (χ2v) is 5.57. The molecule has 0 spiro atoms. The molecule has 0 unspecified atom stereocenters. The predicted octanol–water partition coefficient (Wildman–Crippen LogP) is 2.71. The molecule has 0 bridgehead atoms. The van der Waals surface area contributed by atoms with Gasteiger partial charge in [0.05, 0.1) is 6.20 Å². The second kappa shape index (κ2) is 7.92. The summed E-state index contributed by atoms with van der Waals surface area (Å²) in [5.74, 6) is 0. The Morgan fingerprint density at radius 1 is 1.45 bits per heavy atom. The SMILES string of the molecule is CCCN(C(=O)NCCc1cn[nH]c1)C1CCCCC1. The van der Waals surface area contributed by atoms with Gasteiger partial charge < -0.3 is 10.2 Å². The van der Waals surface area contributed by atoms with Gasteiger partial charge in [-0.3, -0.25) is 5.10 Å². The highest BCUT2D eigenvalue weighted by atomic mass is 16.2. The maximum Gasteiger partial charge on any atom is 0.317 e. The minimum Gasteiger partial charge on any atom is -0.338 e. The van der Waals surface area contributed by atoms with Crippen molar-refractivity contribution < 1.29 is 4.79 Å². The molecule has 0 aliphatic heterocycles. The van der Waals surface area contributed by atoms with Crippen LogP contribution >= 0.6 is 0 Å². The fourth-order valence-corrected chi connectivity index (χ4v) is 2.91. The highest BCUT2D eigenvalue weighted by Crippen LogP contribution is 2.22. The number of urea groups is 1. The van der Waals surface area contributed by atoms with E-state index >= 15 is 0 Å². The molecule has 1 aliphatic carbocycles. The molecule has 2 amide bonds. The molecular formula is C15H26N4O. The molecular weight excluding hydrogens is 252 g/mol. The molecule has 0 saturated heterocycles. The van der Waals surface area contributed by atoms with Crippen molar-refractivity contribution in [3.05, 3.63) is 18.0 Å². The molecule has 0 atom stereocenters. The summed E-state index contributed by atoms with van der Waals surface area (Å²) in [4.78, 5) is 14.4. The third-order valence-corrected chi connectivity index (χ3v) is 3.99. The van der Waals surface area contributed by atoms with E-state index in [2.05, 4.69) is 27.3 Å². The molecule has 0 radical (unpaired) electrons. The van der Waals surface area contributed by atoms with Crippen LogP contribution in [0.4, 0.5) is 4.79 Å². The number of H-pyrrole nitrogens is 1. The van der Waals surface area contributed by atoms with Gasteiger partial charge in [-0.2, -0.15) is 5.10 Å². The van der Waals surface area contributed by atoms with Crippen LogP contribution in [0, 0.1) is 0 Å². The molecule has 1 aromatic rings. The van der Waals surface area contributed by atoms with E-state index in [4.69, 9.17) is 0 Å². The van der Waals surface area contributed by atoms with Crippen molar-refractivity contribution in [1.82, 2.24) is 20.4 Å². The van der Waals surface area contributed by atoms with E-state index in [0.29, 0.717) is 12.6 Å². The Bertz CT molecular complexity index is 385. The number of amides is 2. The Kier molecular flexibility index (Phi) is 5.89. The summed E-state index contributed by atoms with van der Waals surface area (Å²) in [6.07, 6.45) is 11.7. The summed E-state index contributed by atoms with van der Waals surface area (Å²) >= 11 is 0. The summed E-state index contributed by atoms with van der Waals surface area (Å²) in [7, 11) is 0. The van der Waals surface area contributed by atoms with E-state index < -0.39 is 0 Å². The molecule has 112 valence electrons. The molecule has 1 saturated carbocycles. The molecule has 0 aromatic carbocycles. The minimum atomic E-state index is 0.0993. The van der Waals surface area contributed by atoms with E-state index in [0.717, 1.165) is 37.8 Å². The van der Waals surface area contributed by atoms with Crippen molar-refractivity contribution in [1.29, 1.82) is 0 Å². The summed E-state index contributed by atoms with van der Waals surface area (Å²) in [5, 5.41) is 9.75. The van der Waals surface area contributed by atoms with Crippen LogP contribution in [0.2, 0.25) is 0 Å². The molecule has 5 nitrogen and oxygen atoms in total. The zero-order valence-corrected chi connectivity index (χ0v) is 12.4. The van der Waals surface area contributed by atoms with Gasteiger partial charge in [-0.15, -0.1) is 0 Å². The van der Waals surface area contributed by atoms with E-state index in [1.807, 2.05) is 6.20 Å². The average Bonchev–Trinajstić information content (AvgIpc) is 2.99. The molecule has 1 heterocycles. The lowest BCUT2D eigenvalue weighted by Gasteiger charge is -2.34. The fraction of sp³-hybridized carbons (Fsp3) is 0.733. The maximum atomic E-state index is 12.4. The lowest BCUT2D eigenvalue weighted by atomic mass is 9.94. The van der Waals surface area contributed by atoms with Gasteiger partial charge in [0.15, 0.2) is 0 Å². The first-order chi connectivity index (χ1) is 9.81. The number of nitrogens with one attached hydrogen (secondary N) is 2. The van der Waals surface area contributed by atoms with Crippen molar-refractivity contribution in [2.45, 2.75) is 57.9 Å². The maximum absolute atomic E-state index is 12.4. The van der Waals surface area contributed by atoms with Gasteiger partial charge >= 0.3 is 6.03 Å². The van der Waals surface area contributed by atoms with Gasteiger partial charge in [-0.05, 0) is 31.2 Å². The standard InChI is InChI=1S/C15H26N4O/c1-2-10-19(14-6-4-3-5-7-14)15(20)16-9-8-13-11-17-18-12-13/h11-12,14H,2-10H2,1H3,(H,16,20)(H,17,18). The van der Waals surface area contributed by atoms with Crippen molar-refractivity contribution in [2.24, 2.45) is 0 Å². The molecule has 20 heavy (non-hydrogen) atoms. The second-order valence-electron chi connectivity index (χ2n) is 5.57. The number of hydrogen-bond acceptors (Lipinski definition) is 2. The third-order valence-electron chi connectivity index (χ3n) is 3.99. The predicted molar refractivity (Wildman–Crippen MR) is 79.6 cm³/mol. The van der Waals surface area contributed by atoms with Crippen LogP contribution in [0.1, 0.15) is 51.0 Å². The van der Waals surface area contributed by atoms with Crippen LogP contribution in [0.25, 0.3) is 0 Å². The number of aromatic amines is 1. The van der Waals surface area contributed by atoms with Gasteiger partial charge in [0.1, 0.15) is 0 Å². The largest absolute Gasteiger partial charge is 0.338 e. The summed E-state index contributed by atoms with van der Waals surface area (Å²) in [5.41, 5.74) is 1.13. The Morgan fingerprint density at radius 3 is 2.90 bits per heavy atom. The zero-order chi connectivity index (χ0) is 14.2. The van der Waals surface area contributed by atoms with Crippen molar-refractivity contribution >= 4 is 6.03 Å². The third kappa shape index (κ3) is 4.25. The number of nitrogens with zero attached hydrogens (tertiary/aromatic N) is 2. The first-order valence-electron chi connectivity index (χ1n) is 7.83. The van der Waals surface area contributed by atoms with E-state index in [1.54, 1.807) is 6.20 Å². The number of aromatic nitrogens is 2. The van der Waals surface area contributed by atoms with E-state index in [9.17, 15) is 4.79 Å². The smallest absolute Gasteiger partial charge is 0.317 e. The van der Waals surface area contributed by atoms with Crippen LogP contribution in [-0.4, -0.2) is 40.3 Å². The molecule has 2 rings (SSSR count). The quantitative estimate of drug-likeness (QED) is 0.840. The topological polar surface area (TPSA) is 61.0 Å². The fourth-order valence-electron chi connectivity index (χ4n) is 2.91. The number of rotatable bonds is 6. The highest BCUT2D eigenvalue weighted by Gasteiger charge is 2.24. The average molecular weight is 278 g/mol. The summed E-state index contributed by atoms with van der Waals surface area (Å²) in [6, 6.07) is 0.542. The molecule has 2 N–H and O–H groups in total. The Labute approximate surface area is 121 Å². The summed E-state index contributed by atoms with van der Waals surface area (Å²) in [6.45, 7) is 3.67. The van der Waals surface area contributed by atoms with Gasteiger partial charge in [-0.25, -0.2) is 4.79 Å². The monoisotopic (exact) mass is 278 g/mol. The van der Waals surface area contributed by atoms with Gasteiger partial charge in [0.2, 0.25) is 0 Å². The van der Waals surface area contributed by atoms with Gasteiger partial charge in [-0.1, -0.05) is 26.2 Å². The number of hydrogen-bond donors (Lipinski definition) is 2. The highest BCUT2D eigenvalue weighted by molar-refractivity contribution is 5.74. The normalized spacial score (nSPS) is 16.1. The van der Waals surface area contributed by atoms with Crippen LogP contribution in [0.15, 0.2) is 12.4 Å². The molecule has 5 heteroatoms. The zero-order valence-electron chi connectivity index (χ0n) is 12.4. The first kappa shape index (κ1) is 14.9.